The maximum atomic E-state index is 3.62. The molecule has 0 radical (unpaired) electrons. The molecule has 0 aliphatic carbocycles. The van der Waals surface area contributed by atoms with Gasteiger partial charge in [-0.25, -0.2) is 0 Å². The first-order valence-electron chi connectivity index (χ1n) is 8.42. The zero-order chi connectivity index (χ0) is 13.8. The monoisotopic (exact) mass is 272 g/mol. The molecule has 1 aromatic carbocycles. The Morgan fingerprint density at radius 1 is 1.25 bits per heavy atom. The number of nitrogens with one attached hydrogen (secondary N) is 1. The van der Waals surface area contributed by atoms with E-state index >= 15 is 0 Å². The predicted molar refractivity (Wildman–Crippen MR) is 86.2 cm³/mol. The number of para-hydroxylation sites is 1. The zero-order valence-electron chi connectivity index (χ0n) is 12.8. The molecule has 2 atom stereocenters. The largest absolute Gasteiger partial charge is 0.384 e. The highest BCUT2D eigenvalue weighted by molar-refractivity contribution is 5.53. The van der Waals surface area contributed by atoms with Gasteiger partial charge in [0.2, 0.25) is 0 Å². The minimum atomic E-state index is 0.780. The van der Waals surface area contributed by atoms with Crippen molar-refractivity contribution < 1.29 is 0 Å². The molecule has 1 aromatic rings. The van der Waals surface area contributed by atoms with Crippen LogP contribution in [-0.4, -0.2) is 30.6 Å². The van der Waals surface area contributed by atoms with Crippen molar-refractivity contribution >= 4 is 5.69 Å². The van der Waals surface area contributed by atoms with E-state index in [1.54, 1.807) is 0 Å². The number of hydrogen-bond donors (Lipinski definition) is 1. The van der Waals surface area contributed by atoms with Gasteiger partial charge in [0.05, 0.1) is 0 Å². The molecule has 110 valence electrons. The number of nitrogens with zero attached hydrogens (tertiary/aromatic N) is 1. The number of benzene rings is 1. The highest BCUT2D eigenvalue weighted by Crippen LogP contribution is 2.27. The molecule has 0 bridgehead atoms. The van der Waals surface area contributed by atoms with E-state index in [1.807, 2.05) is 0 Å². The second kappa shape index (κ2) is 6.62. The number of fused-ring (bicyclic) bond motifs is 1. The predicted octanol–water partition coefficient (Wildman–Crippen LogP) is 3.93. The lowest BCUT2D eigenvalue weighted by Crippen LogP contribution is -2.44. The first-order valence-corrected chi connectivity index (χ1v) is 8.42. The molecule has 2 heteroatoms. The minimum absolute atomic E-state index is 0.780. The van der Waals surface area contributed by atoms with E-state index in [1.165, 1.54) is 62.9 Å². The van der Waals surface area contributed by atoms with Crippen LogP contribution in [0.4, 0.5) is 5.69 Å². The topological polar surface area (TPSA) is 15.3 Å². The highest BCUT2D eigenvalue weighted by atomic mass is 15.2. The summed E-state index contributed by atoms with van der Waals surface area (Å²) in [6.45, 7) is 6.08. The van der Waals surface area contributed by atoms with Crippen molar-refractivity contribution in [2.75, 3.05) is 25.0 Å². The second-order valence-electron chi connectivity index (χ2n) is 6.54. The second-order valence-corrected chi connectivity index (χ2v) is 6.54. The van der Waals surface area contributed by atoms with Gasteiger partial charge in [0.1, 0.15) is 0 Å². The Morgan fingerprint density at radius 2 is 2.15 bits per heavy atom. The van der Waals surface area contributed by atoms with Crippen LogP contribution in [0.1, 0.15) is 44.6 Å². The van der Waals surface area contributed by atoms with E-state index in [0.29, 0.717) is 0 Å². The van der Waals surface area contributed by atoms with E-state index in [9.17, 15) is 0 Å². The van der Waals surface area contributed by atoms with Crippen molar-refractivity contribution in [3.05, 3.63) is 29.8 Å². The Balaban J connectivity index is 1.60. The Labute approximate surface area is 123 Å². The number of hydrogen-bond acceptors (Lipinski definition) is 2. The van der Waals surface area contributed by atoms with Crippen LogP contribution in [0.2, 0.25) is 0 Å². The highest BCUT2D eigenvalue weighted by Gasteiger charge is 2.26. The van der Waals surface area contributed by atoms with Gasteiger partial charge >= 0.3 is 0 Å². The molecule has 20 heavy (non-hydrogen) atoms. The van der Waals surface area contributed by atoms with Crippen molar-refractivity contribution in [3.8, 4) is 0 Å². The first kappa shape index (κ1) is 13.9. The van der Waals surface area contributed by atoms with Crippen LogP contribution in [0.25, 0.3) is 0 Å². The van der Waals surface area contributed by atoms with E-state index in [4.69, 9.17) is 0 Å². The smallest absolute Gasteiger partial charge is 0.0372 e. The maximum absolute atomic E-state index is 3.62. The SMILES string of the molecule is CCCC1CCCCN1CC1CNc2ccccc2C1. The fourth-order valence-corrected chi connectivity index (χ4v) is 3.93. The van der Waals surface area contributed by atoms with Crippen LogP contribution < -0.4 is 5.32 Å². The Hall–Kier alpha value is -1.02. The van der Waals surface area contributed by atoms with Gasteiger partial charge in [0.25, 0.3) is 0 Å². The maximum Gasteiger partial charge on any atom is 0.0372 e. The Morgan fingerprint density at radius 3 is 3.05 bits per heavy atom. The summed E-state index contributed by atoms with van der Waals surface area (Å²) >= 11 is 0. The van der Waals surface area contributed by atoms with Gasteiger partial charge in [-0.1, -0.05) is 38.0 Å². The van der Waals surface area contributed by atoms with Crippen molar-refractivity contribution in [3.63, 3.8) is 0 Å². The van der Waals surface area contributed by atoms with E-state index in [0.717, 1.165) is 18.5 Å². The van der Waals surface area contributed by atoms with Gasteiger partial charge in [-0.05, 0) is 49.8 Å². The lowest BCUT2D eigenvalue weighted by atomic mass is 9.91. The summed E-state index contributed by atoms with van der Waals surface area (Å²) in [4.78, 5) is 2.78. The molecule has 0 aromatic heterocycles. The molecule has 0 spiro atoms. The molecule has 2 unspecified atom stereocenters. The average molecular weight is 272 g/mol. The van der Waals surface area contributed by atoms with E-state index < -0.39 is 0 Å². The van der Waals surface area contributed by atoms with Gasteiger partial charge < -0.3 is 10.2 Å². The van der Waals surface area contributed by atoms with Crippen LogP contribution in [0.3, 0.4) is 0 Å². The lowest BCUT2D eigenvalue weighted by molar-refractivity contribution is 0.119. The Bertz CT molecular complexity index is 427. The molecule has 3 rings (SSSR count). The third kappa shape index (κ3) is 3.17. The summed E-state index contributed by atoms with van der Waals surface area (Å²) in [5, 5.41) is 3.62. The van der Waals surface area contributed by atoms with Crippen molar-refractivity contribution in [1.29, 1.82) is 0 Å². The molecule has 2 aliphatic rings. The number of piperidine rings is 1. The molecule has 2 heterocycles. The minimum Gasteiger partial charge on any atom is -0.384 e. The molecule has 2 nitrogen and oxygen atoms in total. The first-order chi connectivity index (χ1) is 9.86. The molecule has 1 fully saturated rings. The number of anilines is 1. The normalized spacial score (nSPS) is 26.9. The average Bonchev–Trinajstić information content (AvgIpc) is 2.49. The zero-order valence-corrected chi connectivity index (χ0v) is 12.8. The molecular formula is C18H28N2. The van der Waals surface area contributed by atoms with Crippen LogP contribution in [-0.2, 0) is 6.42 Å². The van der Waals surface area contributed by atoms with Crippen LogP contribution in [0.5, 0.6) is 0 Å². The summed E-state index contributed by atoms with van der Waals surface area (Å²) < 4.78 is 0. The third-order valence-electron chi connectivity index (χ3n) is 4.97. The molecule has 1 N–H and O–H groups in total. The van der Waals surface area contributed by atoms with Gasteiger partial charge in [-0.3, -0.25) is 0 Å². The van der Waals surface area contributed by atoms with Gasteiger partial charge in [-0.2, -0.15) is 0 Å². The van der Waals surface area contributed by atoms with Gasteiger partial charge in [0.15, 0.2) is 0 Å². The molecule has 1 saturated heterocycles. The van der Waals surface area contributed by atoms with Crippen LogP contribution >= 0.6 is 0 Å². The van der Waals surface area contributed by atoms with Crippen molar-refractivity contribution in [2.45, 2.75) is 51.5 Å². The third-order valence-corrected chi connectivity index (χ3v) is 4.97. The lowest BCUT2D eigenvalue weighted by Gasteiger charge is -2.39. The summed E-state index contributed by atoms with van der Waals surface area (Å²) in [5.74, 6) is 0.780. The Kier molecular flexibility index (Phi) is 4.62. The summed E-state index contributed by atoms with van der Waals surface area (Å²) in [7, 11) is 0. The number of likely N-dealkylation sites (tertiary alicyclic amines) is 1. The van der Waals surface area contributed by atoms with Crippen LogP contribution in [0, 0.1) is 5.92 Å². The van der Waals surface area contributed by atoms with Crippen LogP contribution in [0.15, 0.2) is 24.3 Å². The standard InChI is InChI=1S/C18H28N2/c1-2-7-17-9-5-6-11-20(17)14-15-12-16-8-3-4-10-18(16)19-13-15/h3-4,8,10,15,17,19H,2,5-7,9,11-14H2,1H3. The molecular weight excluding hydrogens is 244 g/mol. The molecule has 0 amide bonds. The summed E-state index contributed by atoms with van der Waals surface area (Å²) in [5.41, 5.74) is 2.86. The fourth-order valence-electron chi connectivity index (χ4n) is 3.93. The van der Waals surface area contributed by atoms with Gasteiger partial charge in [-0.15, -0.1) is 0 Å². The van der Waals surface area contributed by atoms with Crippen molar-refractivity contribution in [1.82, 2.24) is 4.90 Å². The van der Waals surface area contributed by atoms with Gasteiger partial charge in [0, 0.05) is 24.8 Å². The van der Waals surface area contributed by atoms with E-state index in [2.05, 4.69) is 41.4 Å². The van der Waals surface area contributed by atoms with Crippen molar-refractivity contribution in [2.24, 2.45) is 5.92 Å². The van der Waals surface area contributed by atoms with E-state index in [-0.39, 0.29) is 0 Å². The summed E-state index contributed by atoms with van der Waals surface area (Å²) in [6.07, 6.45) is 8.22. The summed E-state index contributed by atoms with van der Waals surface area (Å²) in [6, 6.07) is 9.66. The fraction of sp³-hybridized carbons (Fsp3) is 0.667. The number of rotatable bonds is 4. The molecule has 0 saturated carbocycles. The molecule has 2 aliphatic heterocycles. The quantitative estimate of drug-likeness (QED) is 0.893.